The van der Waals surface area contributed by atoms with Gasteiger partial charge >= 0.3 is 0 Å². The minimum Gasteiger partial charge on any atom is -0.508 e. The smallest absolute Gasteiger partial charge is 0.137 e. The summed E-state index contributed by atoms with van der Waals surface area (Å²) in [5.74, 6) is 0.343. The Morgan fingerprint density at radius 2 is 1.81 bits per heavy atom. The Balaban J connectivity index is 1.31. The number of rotatable bonds is 4. The fraction of sp³-hybridized carbons (Fsp3) is 0.344. The van der Waals surface area contributed by atoms with Crippen LogP contribution in [0.5, 0.6) is 5.75 Å². The number of imidazole rings is 1. The van der Waals surface area contributed by atoms with Gasteiger partial charge in [0.25, 0.3) is 0 Å². The molecule has 0 atom stereocenters. The molecule has 182 valence electrons. The predicted octanol–water partition coefficient (Wildman–Crippen LogP) is 6.63. The van der Waals surface area contributed by atoms with Gasteiger partial charge in [0, 0.05) is 32.0 Å². The molecule has 4 aromatic rings. The highest BCUT2D eigenvalue weighted by Crippen LogP contribution is 2.48. The first-order valence-electron chi connectivity index (χ1n) is 13.4. The molecule has 1 spiro atoms. The van der Waals surface area contributed by atoms with Crippen LogP contribution in [-0.4, -0.2) is 32.5 Å². The van der Waals surface area contributed by atoms with E-state index in [1.807, 2.05) is 12.1 Å². The van der Waals surface area contributed by atoms with Gasteiger partial charge in [-0.3, -0.25) is 4.90 Å². The van der Waals surface area contributed by atoms with Crippen LogP contribution in [0.25, 0.3) is 16.8 Å². The van der Waals surface area contributed by atoms with E-state index in [0.29, 0.717) is 11.2 Å². The summed E-state index contributed by atoms with van der Waals surface area (Å²) < 4.78 is 2.17. The molecule has 1 saturated carbocycles. The van der Waals surface area contributed by atoms with Crippen molar-refractivity contribution in [2.45, 2.75) is 52.0 Å². The number of aryl methyl sites for hydroxylation is 2. The average Bonchev–Trinajstić information content (AvgIpc) is 3.13. The van der Waals surface area contributed by atoms with Crippen LogP contribution in [0.15, 0.2) is 67.0 Å². The average molecular weight is 476 g/mol. The number of phenols is 1. The van der Waals surface area contributed by atoms with Gasteiger partial charge < -0.3 is 9.51 Å². The molecule has 1 saturated heterocycles. The van der Waals surface area contributed by atoms with Crippen molar-refractivity contribution in [1.82, 2.24) is 14.3 Å². The van der Waals surface area contributed by atoms with E-state index in [-0.39, 0.29) is 0 Å². The lowest BCUT2D eigenvalue weighted by Crippen LogP contribution is -2.58. The first-order chi connectivity index (χ1) is 17.6. The molecule has 36 heavy (non-hydrogen) atoms. The minimum absolute atomic E-state index is 0.343. The van der Waals surface area contributed by atoms with Gasteiger partial charge in [-0.15, -0.1) is 0 Å². The summed E-state index contributed by atoms with van der Waals surface area (Å²) in [4.78, 5) is 7.60. The molecule has 0 radical (unpaired) electrons. The topological polar surface area (TPSA) is 40.8 Å². The summed E-state index contributed by atoms with van der Waals surface area (Å²) in [5.41, 5.74) is 11.7. The maximum absolute atomic E-state index is 10.2. The van der Waals surface area contributed by atoms with Crippen LogP contribution in [0.2, 0.25) is 0 Å². The number of hydrogen-bond acceptors (Lipinski definition) is 3. The zero-order valence-electron chi connectivity index (χ0n) is 21.0. The number of phenolic OH excluding ortho intramolecular Hbond substituents is 1. The number of nitrogens with zero attached hydrogens (tertiary/aromatic N) is 3. The van der Waals surface area contributed by atoms with Crippen molar-refractivity contribution in [3.05, 3.63) is 101 Å². The van der Waals surface area contributed by atoms with Crippen molar-refractivity contribution in [3.8, 4) is 5.75 Å². The predicted molar refractivity (Wildman–Crippen MR) is 145 cm³/mol. The summed E-state index contributed by atoms with van der Waals surface area (Å²) >= 11 is 0. The Morgan fingerprint density at radius 3 is 2.61 bits per heavy atom. The third-order valence-corrected chi connectivity index (χ3v) is 8.72. The quantitative estimate of drug-likeness (QED) is 0.360. The summed E-state index contributed by atoms with van der Waals surface area (Å²) in [7, 11) is 0. The maximum atomic E-state index is 10.2. The van der Waals surface area contributed by atoms with E-state index in [1.165, 1.54) is 71.3 Å². The van der Waals surface area contributed by atoms with Gasteiger partial charge in [0.05, 0.1) is 5.69 Å². The number of aromatic hydroxyl groups is 1. The third kappa shape index (κ3) is 3.67. The summed E-state index contributed by atoms with van der Waals surface area (Å²) in [6, 6.07) is 19.1. The normalized spacial score (nSPS) is 19.1. The molecular formula is C32H33N3O. The highest BCUT2D eigenvalue weighted by atomic mass is 16.3. The van der Waals surface area contributed by atoms with Crippen LogP contribution in [0, 0.1) is 12.3 Å². The Bertz CT molecular complexity index is 1500. The number of fused-ring (bicyclic) bond motifs is 2. The van der Waals surface area contributed by atoms with Crippen molar-refractivity contribution in [2.24, 2.45) is 5.41 Å². The van der Waals surface area contributed by atoms with Crippen LogP contribution in [0.1, 0.15) is 65.6 Å². The molecule has 0 amide bonds. The molecular weight excluding hydrogens is 442 g/mol. The van der Waals surface area contributed by atoms with Crippen LogP contribution < -0.4 is 0 Å². The lowest BCUT2D eigenvalue weighted by molar-refractivity contribution is -0.0650. The number of benzene rings is 2. The molecule has 2 aromatic heterocycles. The molecule has 2 aromatic carbocycles. The molecule has 2 fully saturated rings. The van der Waals surface area contributed by atoms with E-state index < -0.39 is 0 Å². The van der Waals surface area contributed by atoms with Crippen molar-refractivity contribution in [3.63, 3.8) is 0 Å². The van der Waals surface area contributed by atoms with Gasteiger partial charge in [-0.05, 0) is 108 Å². The van der Waals surface area contributed by atoms with Gasteiger partial charge in [-0.2, -0.15) is 0 Å². The van der Waals surface area contributed by atoms with E-state index in [1.54, 1.807) is 0 Å². The fourth-order valence-electron chi connectivity index (χ4n) is 6.79. The van der Waals surface area contributed by atoms with Crippen molar-refractivity contribution in [1.29, 1.82) is 0 Å². The lowest BCUT2D eigenvalue weighted by Gasteiger charge is -2.56. The van der Waals surface area contributed by atoms with Gasteiger partial charge in [-0.25, -0.2) is 4.98 Å². The highest BCUT2D eigenvalue weighted by molar-refractivity contribution is 6.00. The van der Waals surface area contributed by atoms with Gasteiger partial charge in [0.1, 0.15) is 11.4 Å². The highest BCUT2D eigenvalue weighted by Gasteiger charge is 2.46. The first kappa shape index (κ1) is 21.9. The molecule has 4 nitrogen and oxygen atoms in total. The molecule has 4 heteroatoms. The van der Waals surface area contributed by atoms with Crippen molar-refractivity contribution < 1.29 is 5.11 Å². The van der Waals surface area contributed by atoms with Gasteiger partial charge in [-0.1, -0.05) is 36.8 Å². The monoisotopic (exact) mass is 475 g/mol. The summed E-state index contributed by atoms with van der Waals surface area (Å²) in [5, 5.41) is 10.2. The van der Waals surface area contributed by atoms with E-state index in [2.05, 4.69) is 71.1 Å². The van der Waals surface area contributed by atoms with E-state index in [0.717, 1.165) is 37.1 Å². The first-order valence-corrected chi connectivity index (χ1v) is 13.4. The van der Waals surface area contributed by atoms with E-state index >= 15 is 0 Å². The van der Waals surface area contributed by atoms with Crippen LogP contribution in [0.3, 0.4) is 0 Å². The van der Waals surface area contributed by atoms with Gasteiger partial charge in [0.15, 0.2) is 0 Å². The van der Waals surface area contributed by atoms with Crippen LogP contribution in [-0.2, 0) is 13.0 Å². The number of aromatic nitrogens is 2. The zero-order chi connectivity index (χ0) is 24.3. The number of pyridine rings is 1. The molecule has 3 aliphatic rings. The largest absolute Gasteiger partial charge is 0.508 e. The lowest BCUT2D eigenvalue weighted by atomic mass is 9.63. The second kappa shape index (κ2) is 8.35. The number of likely N-dealkylation sites (tertiary alicyclic amines) is 1. The summed E-state index contributed by atoms with van der Waals surface area (Å²) in [6.45, 7) is 5.62. The number of hydrogen-bond donors (Lipinski definition) is 1. The molecule has 1 N–H and O–H groups in total. The maximum Gasteiger partial charge on any atom is 0.137 e. The molecule has 1 aliphatic heterocycles. The molecule has 3 heterocycles. The molecule has 2 aliphatic carbocycles. The Labute approximate surface area is 212 Å². The standard InChI is InChI=1S/C32H33N3O/c1-22-6-2-3-8-27(22)29-9-4-7-23-16-26(36)10-11-28(23)31(29)24-12-15-35-19-25(33-30(35)17-24)18-34-20-32(21-34)13-5-14-32/h2-3,6,8,10-12,15-17,19,36H,4-5,7,9,13-14,18,20-21H2,1H3. The Kier molecular flexibility index (Phi) is 5.07. The fourth-order valence-corrected chi connectivity index (χ4v) is 6.79. The van der Waals surface area contributed by atoms with Crippen molar-refractivity contribution >= 4 is 16.8 Å². The Morgan fingerprint density at radius 1 is 0.944 bits per heavy atom. The number of allylic oxidation sites excluding steroid dienone is 1. The molecule has 0 bridgehead atoms. The SMILES string of the molecule is Cc1ccccc1C1=C(c2ccn3cc(CN4CC5(CCC5)C4)nc3c2)c2ccc(O)cc2CCC1. The Hall–Kier alpha value is -3.37. The van der Waals surface area contributed by atoms with Gasteiger partial charge in [0.2, 0.25) is 0 Å². The van der Waals surface area contributed by atoms with Crippen LogP contribution >= 0.6 is 0 Å². The molecule has 0 unspecified atom stereocenters. The summed E-state index contributed by atoms with van der Waals surface area (Å²) in [6.07, 6.45) is 11.6. The zero-order valence-corrected chi connectivity index (χ0v) is 21.0. The third-order valence-electron chi connectivity index (χ3n) is 8.72. The van der Waals surface area contributed by atoms with E-state index in [4.69, 9.17) is 4.98 Å². The molecule has 7 rings (SSSR count). The minimum atomic E-state index is 0.343. The van der Waals surface area contributed by atoms with Crippen molar-refractivity contribution in [2.75, 3.05) is 13.1 Å². The van der Waals surface area contributed by atoms with Crippen LogP contribution in [0.4, 0.5) is 0 Å². The second-order valence-electron chi connectivity index (χ2n) is 11.3. The van der Waals surface area contributed by atoms with E-state index in [9.17, 15) is 5.11 Å². The second-order valence-corrected chi connectivity index (χ2v) is 11.3.